The minimum absolute atomic E-state index is 0.0606. The van der Waals surface area contributed by atoms with E-state index in [4.69, 9.17) is 0 Å². The lowest BCUT2D eigenvalue weighted by Crippen LogP contribution is -2.23. The number of benzene rings is 2. The van der Waals surface area contributed by atoms with E-state index < -0.39 is 21.7 Å². The molecular weight excluding hydrogens is 417 g/mol. The molecule has 2 aromatic carbocycles. The van der Waals surface area contributed by atoms with E-state index in [1.54, 1.807) is 36.4 Å². The molecule has 162 valence electrons. The highest BCUT2D eigenvalue weighted by Crippen LogP contribution is 2.23. The van der Waals surface area contributed by atoms with Crippen molar-refractivity contribution in [1.29, 1.82) is 0 Å². The minimum atomic E-state index is -3.66. The maximum Gasteiger partial charge on any atom is 0.255 e. The van der Waals surface area contributed by atoms with Crippen LogP contribution in [0.1, 0.15) is 42.3 Å². The molecule has 6 nitrogen and oxygen atoms in total. The van der Waals surface area contributed by atoms with E-state index >= 15 is 0 Å². The molecule has 1 aromatic heterocycles. The van der Waals surface area contributed by atoms with Gasteiger partial charge < -0.3 is 5.32 Å². The van der Waals surface area contributed by atoms with Crippen LogP contribution in [0.25, 0.3) is 0 Å². The van der Waals surface area contributed by atoms with E-state index in [0.29, 0.717) is 11.1 Å². The van der Waals surface area contributed by atoms with Gasteiger partial charge >= 0.3 is 0 Å². The fraction of sp³-hybridized carbons (Fsp3) is 0.217. The first-order valence-electron chi connectivity index (χ1n) is 9.66. The fourth-order valence-electron chi connectivity index (χ4n) is 2.85. The highest BCUT2D eigenvalue weighted by molar-refractivity contribution is 7.89. The van der Waals surface area contributed by atoms with Crippen LogP contribution in [0.15, 0.2) is 71.9 Å². The number of nitrogens with zero attached hydrogens (tertiary/aromatic N) is 1. The van der Waals surface area contributed by atoms with Gasteiger partial charge in [-0.05, 0) is 40.8 Å². The predicted octanol–water partition coefficient (Wildman–Crippen LogP) is 4.25. The van der Waals surface area contributed by atoms with Gasteiger partial charge in [0.05, 0.1) is 23.0 Å². The lowest BCUT2D eigenvalue weighted by atomic mass is 9.87. The summed E-state index contributed by atoms with van der Waals surface area (Å²) in [6.45, 7) is 6.27. The SMILES string of the molecule is CC(C)(C)c1ccc(S(=O)(=O)NCc2ccc(C(=O)Nc3cncc(F)c3)cc2)cc1. The minimum Gasteiger partial charge on any atom is -0.320 e. The van der Waals surface area contributed by atoms with Crippen LogP contribution in [-0.4, -0.2) is 19.3 Å². The predicted molar refractivity (Wildman–Crippen MR) is 118 cm³/mol. The van der Waals surface area contributed by atoms with Crippen LogP contribution >= 0.6 is 0 Å². The molecule has 0 radical (unpaired) electrons. The van der Waals surface area contributed by atoms with E-state index in [1.165, 1.54) is 12.3 Å². The van der Waals surface area contributed by atoms with Crippen molar-refractivity contribution in [3.8, 4) is 0 Å². The standard InChI is InChI=1S/C23H24FN3O3S/c1-23(2,3)18-8-10-21(11-9-18)31(29,30)26-13-16-4-6-17(7-5-16)22(28)27-20-12-19(24)14-25-15-20/h4-12,14-15,26H,13H2,1-3H3,(H,27,28). The third-order valence-corrected chi connectivity index (χ3v) is 6.09. The Kier molecular flexibility index (Phi) is 6.52. The molecule has 0 atom stereocenters. The number of aromatic nitrogens is 1. The molecule has 0 spiro atoms. The zero-order valence-electron chi connectivity index (χ0n) is 17.5. The third kappa shape index (κ3) is 5.96. The van der Waals surface area contributed by atoms with Crippen molar-refractivity contribution in [3.05, 3.63) is 89.5 Å². The molecule has 0 aliphatic carbocycles. The molecule has 1 amide bonds. The zero-order chi connectivity index (χ0) is 22.6. The number of amides is 1. The Morgan fingerprint density at radius 2 is 1.65 bits per heavy atom. The van der Waals surface area contributed by atoms with Crippen molar-refractivity contribution in [1.82, 2.24) is 9.71 Å². The van der Waals surface area contributed by atoms with Crippen molar-refractivity contribution < 1.29 is 17.6 Å². The highest BCUT2D eigenvalue weighted by atomic mass is 32.2. The van der Waals surface area contributed by atoms with Gasteiger partial charge in [0.15, 0.2) is 0 Å². The molecule has 2 N–H and O–H groups in total. The zero-order valence-corrected chi connectivity index (χ0v) is 18.3. The van der Waals surface area contributed by atoms with Gasteiger partial charge in [-0.15, -0.1) is 0 Å². The number of carbonyl (C=O) groups is 1. The fourth-order valence-corrected chi connectivity index (χ4v) is 3.87. The summed E-state index contributed by atoms with van der Waals surface area (Å²) < 4.78 is 40.9. The summed E-state index contributed by atoms with van der Waals surface area (Å²) in [6.07, 6.45) is 2.39. The van der Waals surface area contributed by atoms with Crippen LogP contribution in [0.3, 0.4) is 0 Å². The van der Waals surface area contributed by atoms with Crippen LogP contribution in [0.2, 0.25) is 0 Å². The van der Waals surface area contributed by atoms with E-state index in [9.17, 15) is 17.6 Å². The molecule has 0 aliphatic heterocycles. The van der Waals surface area contributed by atoms with E-state index in [-0.39, 0.29) is 22.5 Å². The number of rotatable bonds is 6. The number of sulfonamides is 1. The second-order valence-electron chi connectivity index (χ2n) is 8.14. The van der Waals surface area contributed by atoms with Crippen molar-refractivity contribution >= 4 is 21.6 Å². The Morgan fingerprint density at radius 3 is 2.23 bits per heavy atom. The Hall–Kier alpha value is -3.10. The van der Waals surface area contributed by atoms with E-state index in [0.717, 1.165) is 11.8 Å². The molecule has 0 bridgehead atoms. The summed E-state index contributed by atoms with van der Waals surface area (Å²) in [5.41, 5.74) is 2.29. The van der Waals surface area contributed by atoms with Crippen LogP contribution < -0.4 is 10.0 Å². The first-order valence-corrected chi connectivity index (χ1v) is 11.1. The van der Waals surface area contributed by atoms with Gasteiger partial charge in [-0.25, -0.2) is 17.5 Å². The van der Waals surface area contributed by atoms with Gasteiger partial charge in [-0.3, -0.25) is 9.78 Å². The van der Waals surface area contributed by atoms with Crippen molar-refractivity contribution in [2.24, 2.45) is 0 Å². The Morgan fingerprint density at radius 1 is 1.00 bits per heavy atom. The molecule has 8 heteroatoms. The second kappa shape index (κ2) is 8.95. The van der Waals surface area contributed by atoms with Gasteiger partial charge in [0.2, 0.25) is 10.0 Å². The quantitative estimate of drug-likeness (QED) is 0.599. The number of nitrogens with one attached hydrogen (secondary N) is 2. The number of hydrogen-bond acceptors (Lipinski definition) is 4. The van der Waals surface area contributed by atoms with Gasteiger partial charge in [0.25, 0.3) is 5.91 Å². The van der Waals surface area contributed by atoms with Crippen molar-refractivity contribution in [3.63, 3.8) is 0 Å². The van der Waals surface area contributed by atoms with E-state index in [1.807, 2.05) is 12.1 Å². The maximum atomic E-state index is 13.2. The molecule has 31 heavy (non-hydrogen) atoms. The van der Waals surface area contributed by atoms with E-state index in [2.05, 4.69) is 35.8 Å². The summed E-state index contributed by atoms with van der Waals surface area (Å²) in [7, 11) is -3.66. The van der Waals surface area contributed by atoms with Crippen molar-refractivity contribution in [2.45, 2.75) is 37.6 Å². The Bertz CT molecular complexity index is 1170. The largest absolute Gasteiger partial charge is 0.320 e. The topological polar surface area (TPSA) is 88.2 Å². The number of carbonyl (C=O) groups excluding carboxylic acids is 1. The molecule has 0 unspecified atom stereocenters. The normalized spacial score (nSPS) is 11.9. The first kappa shape index (κ1) is 22.6. The van der Waals surface area contributed by atoms with Crippen LogP contribution in [0.5, 0.6) is 0 Å². The number of halogens is 1. The van der Waals surface area contributed by atoms with Gasteiger partial charge in [0, 0.05) is 18.2 Å². The molecule has 1 heterocycles. The number of pyridine rings is 1. The highest BCUT2D eigenvalue weighted by Gasteiger charge is 2.17. The Balaban J connectivity index is 1.62. The average molecular weight is 442 g/mol. The molecule has 0 saturated heterocycles. The van der Waals surface area contributed by atoms with Crippen LogP contribution in [0, 0.1) is 5.82 Å². The summed E-state index contributed by atoms with van der Waals surface area (Å²) in [5.74, 6) is -0.966. The molecule has 0 aliphatic rings. The van der Waals surface area contributed by atoms with Gasteiger partial charge in [0.1, 0.15) is 5.82 Å². The molecule has 3 rings (SSSR count). The molecular formula is C23H24FN3O3S. The average Bonchev–Trinajstić information content (AvgIpc) is 2.72. The molecule has 0 fully saturated rings. The second-order valence-corrected chi connectivity index (χ2v) is 9.91. The monoisotopic (exact) mass is 441 g/mol. The summed E-state index contributed by atoms with van der Waals surface area (Å²) >= 11 is 0. The smallest absolute Gasteiger partial charge is 0.255 e. The summed E-state index contributed by atoms with van der Waals surface area (Å²) in [5, 5.41) is 2.56. The van der Waals surface area contributed by atoms with Crippen molar-refractivity contribution in [2.75, 3.05) is 5.32 Å². The number of anilines is 1. The van der Waals surface area contributed by atoms with Crippen LogP contribution in [-0.2, 0) is 22.0 Å². The first-order chi connectivity index (χ1) is 14.5. The lowest BCUT2D eigenvalue weighted by molar-refractivity contribution is 0.102. The molecule has 0 saturated carbocycles. The third-order valence-electron chi connectivity index (χ3n) is 4.68. The molecule has 3 aromatic rings. The van der Waals surface area contributed by atoms with Gasteiger partial charge in [-0.1, -0.05) is 45.0 Å². The maximum absolute atomic E-state index is 13.2. The Labute approximate surface area is 181 Å². The number of hydrogen-bond donors (Lipinski definition) is 2. The lowest BCUT2D eigenvalue weighted by Gasteiger charge is -2.19. The summed E-state index contributed by atoms with van der Waals surface area (Å²) in [6, 6.07) is 14.4. The van der Waals surface area contributed by atoms with Gasteiger partial charge in [-0.2, -0.15) is 0 Å². The summed E-state index contributed by atoms with van der Waals surface area (Å²) in [4.78, 5) is 16.1. The van der Waals surface area contributed by atoms with Crippen LogP contribution in [0.4, 0.5) is 10.1 Å².